The van der Waals surface area contributed by atoms with Gasteiger partial charge in [0.25, 0.3) is 5.89 Å². The zero-order valence-electron chi connectivity index (χ0n) is 12.1. The van der Waals surface area contributed by atoms with Crippen LogP contribution in [0.1, 0.15) is 5.56 Å². The number of hydrogen-bond donors (Lipinski definition) is 0. The van der Waals surface area contributed by atoms with Gasteiger partial charge >= 0.3 is 6.18 Å². The molecule has 0 aliphatic heterocycles. The average molecular weight is 356 g/mol. The minimum atomic E-state index is -4.46. The molecule has 24 heavy (non-hydrogen) atoms. The Kier molecular flexibility index (Phi) is 4.15. The van der Waals surface area contributed by atoms with Crippen LogP contribution in [-0.2, 0) is 6.18 Å². The van der Waals surface area contributed by atoms with E-state index in [1.807, 2.05) is 0 Å². The molecule has 2 heterocycles. The molecule has 0 aliphatic carbocycles. The first-order valence-corrected chi connectivity index (χ1v) is 6.97. The van der Waals surface area contributed by atoms with Crippen molar-refractivity contribution < 1.29 is 22.4 Å². The zero-order chi connectivity index (χ0) is 17.3. The van der Waals surface area contributed by atoms with E-state index in [0.29, 0.717) is 11.3 Å². The van der Waals surface area contributed by atoms with Crippen molar-refractivity contribution in [1.29, 1.82) is 0 Å². The lowest BCUT2D eigenvalue weighted by atomic mass is 10.1. The molecule has 0 amide bonds. The molecular weight excluding hydrogens is 347 g/mol. The lowest BCUT2D eigenvalue weighted by Gasteiger charge is -2.06. The molecule has 0 fully saturated rings. The normalized spacial score (nSPS) is 11.5. The van der Waals surface area contributed by atoms with E-state index in [2.05, 4.69) is 15.1 Å². The molecule has 0 saturated carbocycles. The molecule has 124 valence electrons. The van der Waals surface area contributed by atoms with Crippen molar-refractivity contribution in [3.63, 3.8) is 0 Å². The van der Waals surface area contributed by atoms with E-state index in [1.165, 1.54) is 31.6 Å². The first kappa shape index (κ1) is 16.3. The SMILES string of the molecule is COc1cncc(Cl)c1-c1noc(-c2cccc(C(F)(F)F)c2)n1. The van der Waals surface area contributed by atoms with E-state index < -0.39 is 11.7 Å². The summed E-state index contributed by atoms with van der Waals surface area (Å²) in [6.45, 7) is 0. The number of methoxy groups -OCH3 is 1. The van der Waals surface area contributed by atoms with Gasteiger partial charge in [0, 0.05) is 11.8 Å². The van der Waals surface area contributed by atoms with Crippen molar-refractivity contribution in [2.75, 3.05) is 7.11 Å². The second-order valence-electron chi connectivity index (χ2n) is 4.70. The van der Waals surface area contributed by atoms with Crippen molar-refractivity contribution in [3.8, 4) is 28.6 Å². The highest BCUT2D eigenvalue weighted by molar-refractivity contribution is 6.33. The van der Waals surface area contributed by atoms with Gasteiger partial charge in [-0.25, -0.2) is 0 Å². The van der Waals surface area contributed by atoms with Crippen molar-refractivity contribution in [1.82, 2.24) is 15.1 Å². The maximum atomic E-state index is 12.8. The van der Waals surface area contributed by atoms with Gasteiger partial charge in [-0.3, -0.25) is 4.98 Å². The number of benzene rings is 1. The number of ether oxygens (including phenoxy) is 1. The Hall–Kier alpha value is -2.61. The summed E-state index contributed by atoms with van der Waals surface area (Å²) in [5, 5.41) is 3.99. The van der Waals surface area contributed by atoms with Crippen molar-refractivity contribution in [2.24, 2.45) is 0 Å². The summed E-state index contributed by atoms with van der Waals surface area (Å²) in [4.78, 5) is 7.98. The number of rotatable bonds is 3. The van der Waals surface area contributed by atoms with Crippen molar-refractivity contribution in [2.45, 2.75) is 6.18 Å². The molecule has 2 aromatic heterocycles. The number of nitrogens with zero attached hydrogens (tertiary/aromatic N) is 3. The van der Waals surface area contributed by atoms with E-state index in [-0.39, 0.29) is 22.3 Å². The second-order valence-corrected chi connectivity index (χ2v) is 5.11. The summed E-state index contributed by atoms with van der Waals surface area (Å²) in [5.74, 6) is 0.344. The molecule has 0 unspecified atom stereocenters. The molecule has 0 bridgehead atoms. The fraction of sp³-hybridized carbons (Fsp3) is 0.133. The van der Waals surface area contributed by atoms with Gasteiger partial charge in [0.15, 0.2) is 0 Å². The molecule has 0 spiro atoms. The molecule has 0 aliphatic rings. The van der Waals surface area contributed by atoms with Crippen LogP contribution in [0.5, 0.6) is 5.75 Å². The molecule has 0 radical (unpaired) electrons. The molecule has 3 aromatic rings. The summed E-state index contributed by atoms with van der Waals surface area (Å²) in [6.07, 6.45) is -1.67. The van der Waals surface area contributed by atoms with E-state index >= 15 is 0 Å². The lowest BCUT2D eigenvalue weighted by molar-refractivity contribution is -0.137. The van der Waals surface area contributed by atoms with E-state index in [9.17, 15) is 13.2 Å². The first-order valence-electron chi connectivity index (χ1n) is 6.59. The topological polar surface area (TPSA) is 61.0 Å². The van der Waals surface area contributed by atoms with Crippen LogP contribution in [0, 0.1) is 0 Å². The van der Waals surface area contributed by atoms with Gasteiger partial charge in [-0.05, 0) is 18.2 Å². The largest absolute Gasteiger partial charge is 0.494 e. The summed E-state index contributed by atoms with van der Waals surface area (Å²) in [6, 6.07) is 4.60. The minimum absolute atomic E-state index is 0.0639. The van der Waals surface area contributed by atoms with Gasteiger partial charge in [0.1, 0.15) is 5.75 Å². The Morgan fingerprint density at radius 3 is 2.71 bits per heavy atom. The minimum Gasteiger partial charge on any atom is -0.494 e. The summed E-state index contributed by atoms with van der Waals surface area (Å²) in [7, 11) is 1.42. The highest BCUT2D eigenvalue weighted by Gasteiger charge is 2.31. The van der Waals surface area contributed by atoms with Crippen LogP contribution >= 0.6 is 11.6 Å². The molecule has 3 rings (SSSR count). The Morgan fingerprint density at radius 2 is 2.00 bits per heavy atom. The van der Waals surface area contributed by atoms with Gasteiger partial charge in [-0.15, -0.1) is 0 Å². The van der Waals surface area contributed by atoms with Gasteiger partial charge in [0.05, 0.1) is 29.5 Å². The molecule has 0 atom stereocenters. The lowest BCUT2D eigenvalue weighted by Crippen LogP contribution is -2.04. The molecular formula is C15H9ClF3N3O2. The van der Waals surface area contributed by atoms with Crippen molar-refractivity contribution >= 4 is 11.6 Å². The van der Waals surface area contributed by atoms with Crippen LogP contribution < -0.4 is 4.74 Å². The van der Waals surface area contributed by atoms with Gasteiger partial charge in [-0.2, -0.15) is 18.2 Å². The predicted octanol–water partition coefficient (Wildman–Crippen LogP) is 4.48. The van der Waals surface area contributed by atoms with Crippen LogP contribution in [0.3, 0.4) is 0 Å². The number of pyridine rings is 1. The summed E-state index contributed by atoms with van der Waals surface area (Å²) < 4.78 is 48.6. The fourth-order valence-electron chi connectivity index (χ4n) is 2.06. The summed E-state index contributed by atoms with van der Waals surface area (Å²) in [5.41, 5.74) is -0.317. The van der Waals surface area contributed by atoms with Crippen molar-refractivity contribution in [3.05, 3.63) is 47.2 Å². The standard InChI is InChI=1S/C15H9ClF3N3O2/c1-23-11-7-20-6-10(16)12(11)13-21-14(24-22-13)8-3-2-4-9(5-8)15(17,18)19/h2-7H,1H3. The van der Waals surface area contributed by atoms with E-state index in [1.54, 1.807) is 0 Å². The second kappa shape index (κ2) is 6.12. The van der Waals surface area contributed by atoms with Crippen LogP contribution in [0.4, 0.5) is 13.2 Å². The molecule has 9 heteroatoms. The number of hydrogen-bond acceptors (Lipinski definition) is 5. The highest BCUT2D eigenvalue weighted by atomic mass is 35.5. The van der Waals surface area contributed by atoms with E-state index in [0.717, 1.165) is 12.1 Å². The third kappa shape index (κ3) is 3.05. The van der Waals surface area contributed by atoms with Crippen LogP contribution in [-0.4, -0.2) is 22.2 Å². The molecule has 5 nitrogen and oxygen atoms in total. The third-order valence-corrected chi connectivity index (χ3v) is 3.46. The Labute approximate surface area is 139 Å². The number of aromatic nitrogens is 3. The smallest absolute Gasteiger partial charge is 0.416 e. The highest BCUT2D eigenvalue weighted by Crippen LogP contribution is 2.36. The van der Waals surface area contributed by atoms with Crippen LogP contribution in [0.2, 0.25) is 5.02 Å². The van der Waals surface area contributed by atoms with Crippen LogP contribution in [0.15, 0.2) is 41.2 Å². The quantitative estimate of drug-likeness (QED) is 0.693. The summed E-state index contributed by atoms with van der Waals surface area (Å²) >= 11 is 6.07. The monoisotopic (exact) mass is 355 g/mol. The average Bonchev–Trinajstić information content (AvgIpc) is 3.03. The predicted molar refractivity (Wildman–Crippen MR) is 79.5 cm³/mol. The Morgan fingerprint density at radius 1 is 1.21 bits per heavy atom. The zero-order valence-corrected chi connectivity index (χ0v) is 12.9. The van der Waals surface area contributed by atoms with Gasteiger partial charge < -0.3 is 9.26 Å². The Bertz CT molecular complexity index is 880. The molecule has 0 N–H and O–H groups in total. The fourth-order valence-corrected chi connectivity index (χ4v) is 2.29. The van der Waals surface area contributed by atoms with Crippen LogP contribution in [0.25, 0.3) is 22.8 Å². The molecule has 0 saturated heterocycles. The maximum absolute atomic E-state index is 12.8. The van der Waals surface area contributed by atoms with Gasteiger partial charge in [-0.1, -0.05) is 22.8 Å². The maximum Gasteiger partial charge on any atom is 0.416 e. The van der Waals surface area contributed by atoms with Gasteiger partial charge in [0.2, 0.25) is 5.82 Å². The number of alkyl halides is 3. The Balaban J connectivity index is 2.04. The molecule has 1 aromatic carbocycles. The number of halogens is 4. The third-order valence-electron chi connectivity index (χ3n) is 3.17. The first-order chi connectivity index (χ1) is 11.4. The van der Waals surface area contributed by atoms with E-state index in [4.69, 9.17) is 20.9 Å².